The maximum Gasteiger partial charge on any atom is 0.279 e. The Morgan fingerprint density at radius 2 is 2.00 bits per heavy atom. The van der Waals surface area contributed by atoms with Gasteiger partial charge in [0, 0.05) is 16.7 Å². The molecule has 0 saturated heterocycles. The highest BCUT2D eigenvalue weighted by atomic mass is 35.5. The first-order valence-electron chi connectivity index (χ1n) is 7.98. The Labute approximate surface area is 157 Å². The summed E-state index contributed by atoms with van der Waals surface area (Å²) in [4.78, 5) is 13.3. The van der Waals surface area contributed by atoms with Crippen LogP contribution < -0.4 is 19.7 Å². The fourth-order valence-electron chi connectivity index (χ4n) is 2.57. The molecule has 0 spiro atoms. The van der Waals surface area contributed by atoms with Crippen LogP contribution in [0.15, 0.2) is 36.4 Å². The topological polar surface area (TPSA) is 75.8 Å². The Bertz CT molecular complexity index is 833. The molecule has 7 heteroatoms. The quantitative estimate of drug-likeness (QED) is 0.776. The van der Waals surface area contributed by atoms with Gasteiger partial charge in [0.05, 0.1) is 32.5 Å². The molecule has 0 aromatic heterocycles. The Morgan fingerprint density at radius 3 is 2.65 bits per heavy atom. The number of hydrogen-bond donors (Lipinski definition) is 2. The summed E-state index contributed by atoms with van der Waals surface area (Å²) in [6.45, 7) is 0.827. The first-order valence-corrected chi connectivity index (χ1v) is 8.36. The number of carbonyl (C=O) groups is 1. The number of methoxy groups -OCH3 is 2. The van der Waals surface area contributed by atoms with E-state index in [0.29, 0.717) is 34.3 Å². The summed E-state index contributed by atoms with van der Waals surface area (Å²) in [7, 11) is 5.11. The molecular formula is C19H21ClN3O3+. The first-order chi connectivity index (χ1) is 12.5. The van der Waals surface area contributed by atoms with E-state index in [4.69, 9.17) is 26.3 Å². The maximum atomic E-state index is 12.3. The predicted molar refractivity (Wildman–Crippen MR) is 99.8 cm³/mol. The second-order valence-electron chi connectivity index (χ2n) is 5.84. The lowest BCUT2D eigenvalue weighted by atomic mass is 10.1. The van der Waals surface area contributed by atoms with Crippen LogP contribution in [0.4, 0.5) is 5.69 Å². The molecule has 2 N–H and O–H groups in total. The van der Waals surface area contributed by atoms with Gasteiger partial charge in [0.2, 0.25) is 0 Å². The van der Waals surface area contributed by atoms with Gasteiger partial charge in [-0.15, -0.1) is 0 Å². The van der Waals surface area contributed by atoms with Gasteiger partial charge in [0.15, 0.2) is 6.54 Å². The minimum absolute atomic E-state index is 0.200. The molecule has 26 heavy (non-hydrogen) atoms. The molecule has 0 radical (unpaired) electrons. The van der Waals surface area contributed by atoms with Crippen LogP contribution in [0.3, 0.4) is 0 Å². The summed E-state index contributed by atoms with van der Waals surface area (Å²) >= 11 is 5.94. The van der Waals surface area contributed by atoms with Gasteiger partial charge >= 0.3 is 0 Å². The van der Waals surface area contributed by atoms with Crippen LogP contribution in [0.25, 0.3) is 0 Å². The second-order valence-corrected chi connectivity index (χ2v) is 6.27. The standard InChI is InChI=1S/C19H20ClN3O3/c1-23(11-14-5-7-16(25-2)9-18(14)26-3)12-19(24)22-17-8-15(20)6-4-13(17)10-21/h4-9H,11-12H2,1-3H3,(H,22,24)/p+1. The number of amides is 1. The Hall–Kier alpha value is -2.75. The molecule has 6 nitrogen and oxygen atoms in total. The van der Waals surface area contributed by atoms with Crippen LogP contribution in [-0.4, -0.2) is 33.7 Å². The molecule has 0 saturated carbocycles. The Kier molecular flexibility index (Phi) is 6.84. The van der Waals surface area contributed by atoms with Crippen molar-refractivity contribution in [3.05, 3.63) is 52.5 Å². The highest BCUT2D eigenvalue weighted by Crippen LogP contribution is 2.24. The van der Waals surface area contributed by atoms with Crippen molar-refractivity contribution >= 4 is 23.2 Å². The van der Waals surface area contributed by atoms with Crippen molar-refractivity contribution < 1.29 is 19.2 Å². The second kappa shape index (κ2) is 9.09. The molecule has 0 aliphatic carbocycles. The number of likely N-dealkylation sites (N-methyl/N-ethyl adjacent to an activating group) is 1. The van der Waals surface area contributed by atoms with Crippen molar-refractivity contribution in [3.63, 3.8) is 0 Å². The molecule has 1 amide bonds. The minimum atomic E-state index is -0.200. The van der Waals surface area contributed by atoms with Gasteiger partial charge < -0.3 is 19.7 Å². The van der Waals surface area contributed by atoms with E-state index in [2.05, 4.69) is 5.32 Å². The van der Waals surface area contributed by atoms with Crippen molar-refractivity contribution in [2.24, 2.45) is 0 Å². The van der Waals surface area contributed by atoms with Gasteiger partial charge in [-0.05, 0) is 30.3 Å². The summed E-state index contributed by atoms with van der Waals surface area (Å²) in [5, 5.41) is 12.3. The van der Waals surface area contributed by atoms with Crippen LogP contribution in [0.5, 0.6) is 11.5 Å². The molecule has 0 heterocycles. The van der Waals surface area contributed by atoms with E-state index in [1.54, 1.807) is 32.4 Å². The molecule has 1 atom stereocenters. The summed E-state index contributed by atoms with van der Waals surface area (Å²) < 4.78 is 10.6. The molecule has 1 unspecified atom stereocenters. The van der Waals surface area contributed by atoms with E-state index < -0.39 is 0 Å². The lowest BCUT2D eigenvalue weighted by Crippen LogP contribution is -3.08. The van der Waals surface area contributed by atoms with Crippen LogP contribution in [0.2, 0.25) is 5.02 Å². The zero-order valence-electron chi connectivity index (χ0n) is 14.9. The number of nitrogens with zero attached hydrogens (tertiary/aromatic N) is 1. The number of hydrogen-bond acceptors (Lipinski definition) is 4. The largest absolute Gasteiger partial charge is 0.497 e. The van der Waals surface area contributed by atoms with Crippen LogP contribution in [-0.2, 0) is 11.3 Å². The average molecular weight is 375 g/mol. The maximum absolute atomic E-state index is 12.3. The summed E-state index contributed by atoms with van der Waals surface area (Å²) in [5.74, 6) is 1.23. The van der Waals surface area contributed by atoms with Gasteiger partial charge in [-0.1, -0.05) is 11.6 Å². The van der Waals surface area contributed by atoms with Gasteiger partial charge in [0.25, 0.3) is 5.91 Å². The van der Waals surface area contributed by atoms with Crippen molar-refractivity contribution in [1.82, 2.24) is 0 Å². The van der Waals surface area contributed by atoms with E-state index in [9.17, 15) is 4.79 Å². The lowest BCUT2D eigenvalue weighted by Gasteiger charge is -2.16. The Balaban J connectivity index is 2.02. The van der Waals surface area contributed by atoms with Gasteiger partial charge in [0.1, 0.15) is 24.1 Å². The molecule has 0 aliphatic rings. The number of nitriles is 1. The first kappa shape index (κ1) is 19.6. The number of anilines is 1. The van der Waals surface area contributed by atoms with Gasteiger partial charge in [-0.3, -0.25) is 4.79 Å². The summed E-state index contributed by atoms with van der Waals surface area (Å²) in [6.07, 6.45) is 0. The van der Waals surface area contributed by atoms with Gasteiger partial charge in [-0.25, -0.2) is 0 Å². The number of quaternary nitrogens is 1. The number of carbonyl (C=O) groups excluding carboxylic acids is 1. The number of benzene rings is 2. The number of halogens is 1. The molecule has 0 aliphatic heterocycles. The predicted octanol–water partition coefficient (Wildman–Crippen LogP) is 1.88. The van der Waals surface area contributed by atoms with E-state index in [1.165, 1.54) is 0 Å². The van der Waals surface area contributed by atoms with Crippen molar-refractivity contribution in [2.75, 3.05) is 33.1 Å². The zero-order chi connectivity index (χ0) is 19.1. The van der Waals surface area contributed by atoms with Crippen molar-refractivity contribution in [2.45, 2.75) is 6.54 Å². The third-order valence-corrected chi connectivity index (χ3v) is 4.06. The minimum Gasteiger partial charge on any atom is -0.497 e. The van der Waals surface area contributed by atoms with Crippen molar-refractivity contribution in [1.29, 1.82) is 5.26 Å². The number of nitrogens with one attached hydrogen (secondary N) is 2. The number of rotatable bonds is 7. The van der Waals surface area contributed by atoms with Gasteiger partial charge in [-0.2, -0.15) is 5.26 Å². The van der Waals surface area contributed by atoms with Crippen LogP contribution in [0, 0.1) is 11.3 Å². The highest BCUT2D eigenvalue weighted by Gasteiger charge is 2.15. The molecule has 2 aromatic carbocycles. The average Bonchev–Trinajstić information content (AvgIpc) is 2.62. The third kappa shape index (κ3) is 5.12. The fourth-order valence-corrected chi connectivity index (χ4v) is 2.74. The van der Waals surface area contributed by atoms with E-state index >= 15 is 0 Å². The highest BCUT2D eigenvalue weighted by molar-refractivity contribution is 6.31. The molecule has 2 rings (SSSR count). The monoisotopic (exact) mass is 374 g/mol. The summed E-state index contributed by atoms with van der Waals surface area (Å²) in [5.41, 5.74) is 1.76. The van der Waals surface area contributed by atoms with Crippen LogP contribution >= 0.6 is 11.6 Å². The summed E-state index contributed by atoms with van der Waals surface area (Å²) in [6, 6.07) is 12.4. The molecule has 2 aromatic rings. The normalized spacial score (nSPS) is 11.3. The third-order valence-electron chi connectivity index (χ3n) is 3.82. The number of ether oxygens (including phenoxy) is 2. The van der Waals surface area contributed by atoms with E-state index in [-0.39, 0.29) is 12.5 Å². The molecular weight excluding hydrogens is 354 g/mol. The Morgan fingerprint density at radius 1 is 1.23 bits per heavy atom. The van der Waals surface area contributed by atoms with Crippen LogP contribution in [0.1, 0.15) is 11.1 Å². The smallest absolute Gasteiger partial charge is 0.279 e. The molecule has 0 fully saturated rings. The van der Waals surface area contributed by atoms with Crippen molar-refractivity contribution in [3.8, 4) is 17.6 Å². The van der Waals surface area contributed by atoms with E-state index in [0.717, 1.165) is 10.5 Å². The molecule has 136 valence electrons. The zero-order valence-corrected chi connectivity index (χ0v) is 15.7. The fraction of sp³-hybridized carbons (Fsp3) is 0.263. The van der Waals surface area contributed by atoms with E-state index in [1.807, 2.05) is 31.3 Å². The molecule has 0 bridgehead atoms. The SMILES string of the molecule is COc1ccc(C[NH+](C)CC(=O)Nc2cc(Cl)ccc2C#N)c(OC)c1. The lowest BCUT2D eigenvalue weighted by molar-refractivity contribution is -0.885.